The van der Waals surface area contributed by atoms with E-state index in [2.05, 4.69) is 0 Å². The van der Waals surface area contributed by atoms with Gasteiger partial charge in [-0.25, -0.2) is 0 Å². The van der Waals surface area contributed by atoms with Gasteiger partial charge in [0.25, 0.3) is 0 Å². The maximum absolute atomic E-state index is 13.0. The molecule has 2 fully saturated rings. The molecule has 1 aromatic rings. The first-order chi connectivity index (χ1) is 13.1. The third-order valence-electron chi connectivity index (χ3n) is 5.20. The second kappa shape index (κ2) is 9.02. The molecule has 0 aromatic heterocycles. The fourth-order valence-corrected chi connectivity index (χ4v) is 3.64. The number of likely N-dealkylation sites (tertiary alicyclic amines) is 1. The van der Waals surface area contributed by atoms with Crippen LogP contribution in [0.2, 0.25) is 0 Å². The second-order valence-corrected chi connectivity index (χ2v) is 7.34. The quantitative estimate of drug-likeness (QED) is 0.687. The number of esters is 1. The lowest BCUT2D eigenvalue weighted by atomic mass is 9.95. The van der Waals surface area contributed by atoms with Crippen molar-refractivity contribution in [2.24, 2.45) is 5.92 Å². The number of hydrogen-bond donors (Lipinski definition) is 0. The zero-order chi connectivity index (χ0) is 19.2. The molecule has 1 aliphatic heterocycles. The summed E-state index contributed by atoms with van der Waals surface area (Å²) in [6, 6.07) is 9.82. The summed E-state index contributed by atoms with van der Waals surface area (Å²) in [5.41, 5.74) is 0.984. The molecule has 1 aliphatic carbocycles. The fourth-order valence-electron chi connectivity index (χ4n) is 3.64. The van der Waals surface area contributed by atoms with Gasteiger partial charge in [-0.1, -0.05) is 30.3 Å². The summed E-state index contributed by atoms with van der Waals surface area (Å²) < 4.78 is 5.02. The van der Waals surface area contributed by atoms with Gasteiger partial charge in [0, 0.05) is 19.1 Å². The van der Waals surface area contributed by atoms with Gasteiger partial charge in [-0.2, -0.15) is 0 Å². The Labute approximate surface area is 160 Å². The van der Waals surface area contributed by atoms with Crippen molar-refractivity contribution in [3.8, 4) is 0 Å². The van der Waals surface area contributed by atoms with Gasteiger partial charge < -0.3 is 14.5 Å². The predicted molar refractivity (Wildman–Crippen MR) is 101 cm³/mol. The van der Waals surface area contributed by atoms with Crippen molar-refractivity contribution in [3.63, 3.8) is 0 Å². The van der Waals surface area contributed by atoms with Gasteiger partial charge in [0.05, 0.1) is 18.9 Å². The van der Waals surface area contributed by atoms with Gasteiger partial charge in [-0.15, -0.1) is 0 Å². The van der Waals surface area contributed by atoms with Gasteiger partial charge in [0.2, 0.25) is 11.8 Å². The number of ether oxygens (including phenoxy) is 1. The molecule has 146 valence electrons. The molecule has 1 saturated heterocycles. The zero-order valence-electron chi connectivity index (χ0n) is 15.9. The fraction of sp³-hybridized carbons (Fsp3) is 0.571. The van der Waals surface area contributed by atoms with Crippen molar-refractivity contribution in [2.45, 2.75) is 45.1 Å². The van der Waals surface area contributed by atoms with Crippen LogP contribution in [-0.2, 0) is 25.5 Å². The van der Waals surface area contributed by atoms with Crippen molar-refractivity contribution in [3.05, 3.63) is 35.9 Å². The van der Waals surface area contributed by atoms with Crippen LogP contribution in [0.1, 0.15) is 38.2 Å². The predicted octanol–water partition coefficient (Wildman–Crippen LogP) is 2.02. The van der Waals surface area contributed by atoms with Crippen LogP contribution < -0.4 is 0 Å². The summed E-state index contributed by atoms with van der Waals surface area (Å²) in [4.78, 5) is 41.0. The first kappa shape index (κ1) is 19.4. The Morgan fingerprint density at radius 2 is 1.89 bits per heavy atom. The maximum Gasteiger partial charge on any atom is 0.325 e. The summed E-state index contributed by atoms with van der Waals surface area (Å²) in [5, 5.41) is 0. The Kier molecular flexibility index (Phi) is 6.48. The van der Waals surface area contributed by atoms with E-state index < -0.39 is 0 Å². The first-order valence-electron chi connectivity index (χ1n) is 9.86. The van der Waals surface area contributed by atoms with Crippen LogP contribution >= 0.6 is 0 Å². The first-order valence-corrected chi connectivity index (χ1v) is 9.86. The summed E-state index contributed by atoms with van der Waals surface area (Å²) in [7, 11) is 0. The number of amides is 2. The van der Waals surface area contributed by atoms with Crippen molar-refractivity contribution >= 4 is 17.8 Å². The molecule has 2 amide bonds. The van der Waals surface area contributed by atoms with E-state index in [1.807, 2.05) is 30.3 Å². The van der Waals surface area contributed by atoms with E-state index in [4.69, 9.17) is 4.74 Å². The number of hydrogen-bond acceptors (Lipinski definition) is 4. The van der Waals surface area contributed by atoms with Crippen molar-refractivity contribution in [1.82, 2.24) is 9.80 Å². The largest absolute Gasteiger partial charge is 0.465 e. The Hall–Kier alpha value is -2.37. The highest BCUT2D eigenvalue weighted by Gasteiger charge is 2.39. The van der Waals surface area contributed by atoms with Crippen LogP contribution in [0.15, 0.2) is 30.3 Å². The molecule has 6 nitrogen and oxygen atoms in total. The summed E-state index contributed by atoms with van der Waals surface area (Å²) >= 11 is 0. The van der Waals surface area contributed by atoms with Crippen LogP contribution in [0.25, 0.3) is 0 Å². The highest BCUT2D eigenvalue weighted by molar-refractivity contribution is 5.85. The van der Waals surface area contributed by atoms with E-state index in [0.29, 0.717) is 26.1 Å². The molecule has 0 N–H and O–H groups in total. The van der Waals surface area contributed by atoms with E-state index >= 15 is 0 Å². The lowest BCUT2D eigenvalue weighted by molar-refractivity contribution is -0.152. The maximum atomic E-state index is 13.0. The molecule has 27 heavy (non-hydrogen) atoms. The second-order valence-electron chi connectivity index (χ2n) is 7.34. The van der Waals surface area contributed by atoms with Gasteiger partial charge in [0.15, 0.2) is 0 Å². The van der Waals surface area contributed by atoms with Gasteiger partial charge >= 0.3 is 5.97 Å². The Morgan fingerprint density at radius 3 is 2.56 bits per heavy atom. The van der Waals surface area contributed by atoms with Crippen molar-refractivity contribution in [1.29, 1.82) is 0 Å². The van der Waals surface area contributed by atoms with E-state index in [-0.39, 0.29) is 36.3 Å². The molecule has 1 atom stereocenters. The molecule has 0 spiro atoms. The highest BCUT2D eigenvalue weighted by Crippen LogP contribution is 2.30. The molecular formula is C21H28N2O4. The lowest BCUT2D eigenvalue weighted by Gasteiger charge is -2.35. The smallest absolute Gasteiger partial charge is 0.325 e. The Bertz CT molecular complexity index is 672. The molecule has 6 heteroatoms. The van der Waals surface area contributed by atoms with Crippen molar-refractivity contribution in [2.75, 3.05) is 26.2 Å². The van der Waals surface area contributed by atoms with Gasteiger partial charge in [0.1, 0.15) is 6.54 Å². The molecule has 0 bridgehead atoms. The monoisotopic (exact) mass is 372 g/mol. The third-order valence-corrected chi connectivity index (χ3v) is 5.20. The topological polar surface area (TPSA) is 66.9 Å². The summed E-state index contributed by atoms with van der Waals surface area (Å²) in [5.74, 6) is -0.538. The SMILES string of the molecule is CCOC(=O)CN(C(=O)[C@H]1CCCN(C(=O)Cc2ccccc2)C1)C1CC1. The molecule has 3 rings (SSSR count). The zero-order valence-corrected chi connectivity index (χ0v) is 15.9. The Morgan fingerprint density at radius 1 is 1.15 bits per heavy atom. The highest BCUT2D eigenvalue weighted by atomic mass is 16.5. The molecule has 1 saturated carbocycles. The van der Waals surface area contributed by atoms with Crippen LogP contribution in [0.4, 0.5) is 0 Å². The molecular weight excluding hydrogens is 344 g/mol. The lowest BCUT2D eigenvalue weighted by Crippen LogP contribution is -2.49. The summed E-state index contributed by atoms with van der Waals surface area (Å²) in [6.07, 6.45) is 3.81. The van der Waals surface area contributed by atoms with E-state index in [0.717, 1.165) is 31.2 Å². The number of piperidine rings is 1. The van der Waals surface area contributed by atoms with Gasteiger partial charge in [-0.05, 0) is 38.2 Å². The van der Waals surface area contributed by atoms with Crippen LogP contribution in [0, 0.1) is 5.92 Å². The minimum Gasteiger partial charge on any atom is -0.465 e. The minimum atomic E-state index is -0.356. The molecule has 1 heterocycles. The average molecular weight is 372 g/mol. The molecule has 2 aliphatic rings. The molecule has 0 unspecified atom stereocenters. The number of carbonyl (C=O) groups is 3. The number of nitrogens with zero attached hydrogens (tertiary/aromatic N) is 2. The van der Waals surface area contributed by atoms with Crippen molar-refractivity contribution < 1.29 is 19.1 Å². The number of carbonyl (C=O) groups excluding carboxylic acids is 3. The van der Waals surface area contributed by atoms with Gasteiger partial charge in [-0.3, -0.25) is 14.4 Å². The van der Waals surface area contributed by atoms with E-state index in [1.165, 1.54) is 0 Å². The van der Waals surface area contributed by atoms with Crippen LogP contribution in [0.3, 0.4) is 0 Å². The van der Waals surface area contributed by atoms with E-state index in [1.54, 1.807) is 16.7 Å². The van der Waals surface area contributed by atoms with Crippen LogP contribution in [0.5, 0.6) is 0 Å². The number of rotatable bonds is 7. The van der Waals surface area contributed by atoms with E-state index in [9.17, 15) is 14.4 Å². The standard InChI is InChI=1S/C21H28N2O4/c1-2-27-20(25)15-23(18-10-11-18)21(26)17-9-6-12-22(14-17)19(24)13-16-7-4-3-5-8-16/h3-5,7-8,17-18H,2,6,9-15H2,1H3/t17-/m0/s1. The average Bonchev–Trinajstić information content (AvgIpc) is 3.52. The summed E-state index contributed by atoms with van der Waals surface area (Å²) in [6.45, 7) is 3.23. The number of benzene rings is 1. The molecule has 0 radical (unpaired) electrons. The minimum absolute atomic E-state index is 0.0113. The Balaban J connectivity index is 1.59. The van der Waals surface area contributed by atoms with Crippen LogP contribution in [-0.4, -0.2) is 59.9 Å². The molecule has 1 aromatic carbocycles. The normalized spacial score (nSPS) is 19.4. The third kappa shape index (κ3) is 5.31.